The number of carbonyl (C=O) groups excluding carboxylic acids is 2. The Bertz CT molecular complexity index is 965. The van der Waals surface area contributed by atoms with Crippen LogP contribution in [0.5, 0.6) is 0 Å². The molecule has 1 aromatic rings. The van der Waals surface area contributed by atoms with Gasteiger partial charge in [-0.3, -0.25) is 4.79 Å². The lowest BCUT2D eigenvalue weighted by Gasteiger charge is -2.58. The summed E-state index contributed by atoms with van der Waals surface area (Å²) in [4.78, 5) is 33.0. The number of urea groups is 1. The second-order valence-corrected chi connectivity index (χ2v) is 12.1. The van der Waals surface area contributed by atoms with Crippen molar-refractivity contribution in [2.75, 3.05) is 44.2 Å². The Morgan fingerprint density at radius 3 is 2.40 bits per heavy atom. The van der Waals surface area contributed by atoms with Crippen LogP contribution >= 0.6 is 11.6 Å². The maximum atomic E-state index is 13.5. The highest BCUT2D eigenvalue weighted by molar-refractivity contribution is 6.33. The minimum Gasteiger partial charge on any atom is -0.393 e. The molecular formula is C27H37ClN4O3. The fraction of sp³-hybridized carbons (Fsp3) is 0.704. The van der Waals surface area contributed by atoms with Gasteiger partial charge in [-0.05, 0) is 74.8 Å². The van der Waals surface area contributed by atoms with Gasteiger partial charge in [0.25, 0.3) is 0 Å². The van der Waals surface area contributed by atoms with Crippen LogP contribution in [0.15, 0.2) is 24.3 Å². The van der Waals surface area contributed by atoms with E-state index in [-0.39, 0.29) is 29.5 Å². The normalized spacial score (nSPS) is 36.4. The fourth-order valence-corrected chi connectivity index (χ4v) is 8.18. The number of halogens is 1. The molecule has 3 amide bonds. The van der Waals surface area contributed by atoms with Gasteiger partial charge in [0.2, 0.25) is 5.91 Å². The Morgan fingerprint density at radius 1 is 0.971 bits per heavy atom. The van der Waals surface area contributed by atoms with Crippen LogP contribution in [-0.2, 0) is 4.79 Å². The number of piperazine rings is 1. The van der Waals surface area contributed by atoms with Crippen LogP contribution in [-0.4, -0.2) is 78.3 Å². The average Bonchev–Trinajstić information content (AvgIpc) is 2.87. The second-order valence-electron chi connectivity index (χ2n) is 11.7. The standard InChI is InChI=1S/C27H37ClN4O3/c28-22-5-1-2-6-23(22)30-8-10-31(11-9-30)26(35)32-7-3-4-21(17-32)29-25(34)27-14-18-12-19(15-27)24(33)20(13-18)16-27/h1-2,5-6,18-21,24,33H,3-4,7-17H2,(H,29,34). The number of para-hydroxylation sites is 1. The molecule has 3 unspecified atom stereocenters. The van der Waals surface area contributed by atoms with Gasteiger partial charge in [0.1, 0.15) is 0 Å². The molecule has 8 heteroatoms. The van der Waals surface area contributed by atoms with Crippen molar-refractivity contribution in [2.24, 2.45) is 23.2 Å². The van der Waals surface area contributed by atoms with Crippen LogP contribution in [0.3, 0.4) is 0 Å². The third kappa shape index (κ3) is 4.29. The lowest BCUT2D eigenvalue weighted by molar-refractivity contribution is -0.163. The molecule has 3 atom stereocenters. The number of piperidine rings is 1. The van der Waals surface area contributed by atoms with E-state index in [1.807, 2.05) is 34.1 Å². The number of likely N-dealkylation sites (tertiary alicyclic amines) is 1. The maximum Gasteiger partial charge on any atom is 0.320 e. The van der Waals surface area contributed by atoms with Crippen molar-refractivity contribution < 1.29 is 14.7 Å². The first kappa shape index (κ1) is 23.4. The zero-order chi connectivity index (χ0) is 24.2. The summed E-state index contributed by atoms with van der Waals surface area (Å²) in [6, 6.07) is 7.96. The zero-order valence-corrected chi connectivity index (χ0v) is 21.1. The molecule has 4 saturated carbocycles. The van der Waals surface area contributed by atoms with Crippen molar-refractivity contribution in [3.63, 3.8) is 0 Å². The Hall–Kier alpha value is -1.99. The van der Waals surface area contributed by atoms with Gasteiger partial charge in [-0.25, -0.2) is 4.79 Å². The summed E-state index contributed by atoms with van der Waals surface area (Å²) in [5, 5.41) is 14.7. The molecule has 2 aliphatic heterocycles. The van der Waals surface area contributed by atoms with Crippen LogP contribution in [0.4, 0.5) is 10.5 Å². The number of hydrogen-bond donors (Lipinski definition) is 2. The summed E-state index contributed by atoms with van der Waals surface area (Å²) in [7, 11) is 0. The molecule has 2 saturated heterocycles. The lowest BCUT2D eigenvalue weighted by Crippen LogP contribution is -2.61. The predicted molar refractivity (Wildman–Crippen MR) is 135 cm³/mol. The maximum absolute atomic E-state index is 13.5. The highest BCUT2D eigenvalue weighted by Gasteiger charge is 2.58. The van der Waals surface area contributed by atoms with Gasteiger partial charge < -0.3 is 25.1 Å². The monoisotopic (exact) mass is 500 g/mol. The van der Waals surface area contributed by atoms with E-state index in [4.69, 9.17) is 11.6 Å². The van der Waals surface area contributed by atoms with Crippen LogP contribution in [0, 0.1) is 23.2 Å². The summed E-state index contributed by atoms with van der Waals surface area (Å²) >= 11 is 6.36. The summed E-state index contributed by atoms with van der Waals surface area (Å²) in [5.41, 5.74) is 0.732. The van der Waals surface area contributed by atoms with Crippen molar-refractivity contribution in [3.05, 3.63) is 29.3 Å². The van der Waals surface area contributed by atoms with Crippen molar-refractivity contribution >= 4 is 29.2 Å². The number of carbonyl (C=O) groups is 2. The first-order valence-electron chi connectivity index (χ1n) is 13.4. The van der Waals surface area contributed by atoms with Crippen molar-refractivity contribution in [1.82, 2.24) is 15.1 Å². The number of nitrogens with zero attached hydrogens (tertiary/aromatic N) is 3. The Kier molecular flexibility index (Phi) is 6.12. The Morgan fingerprint density at radius 2 is 1.69 bits per heavy atom. The number of nitrogens with one attached hydrogen (secondary N) is 1. The average molecular weight is 501 g/mol. The summed E-state index contributed by atoms with van der Waals surface area (Å²) in [6.07, 6.45) is 6.43. The Labute approximate surface area is 212 Å². The van der Waals surface area contributed by atoms with Gasteiger partial charge in [-0.1, -0.05) is 23.7 Å². The third-order valence-corrected chi connectivity index (χ3v) is 9.80. The molecule has 1 aromatic carbocycles. The highest BCUT2D eigenvalue weighted by Crippen LogP contribution is 2.60. The molecule has 7 rings (SSSR count). The number of amides is 3. The molecule has 190 valence electrons. The van der Waals surface area contributed by atoms with Gasteiger partial charge in [0, 0.05) is 45.3 Å². The van der Waals surface area contributed by atoms with Crippen molar-refractivity contribution in [3.8, 4) is 0 Å². The molecule has 4 aliphatic carbocycles. The van der Waals surface area contributed by atoms with Crippen molar-refractivity contribution in [2.45, 2.75) is 57.1 Å². The van der Waals surface area contributed by atoms with E-state index in [1.54, 1.807) is 0 Å². The quantitative estimate of drug-likeness (QED) is 0.667. The summed E-state index contributed by atoms with van der Waals surface area (Å²) in [6.45, 7) is 4.22. The lowest BCUT2D eigenvalue weighted by atomic mass is 9.48. The summed E-state index contributed by atoms with van der Waals surface area (Å²) in [5.74, 6) is 1.36. The highest BCUT2D eigenvalue weighted by atomic mass is 35.5. The fourth-order valence-electron chi connectivity index (χ4n) is 7.93. The number of rotatable bonds is 3. The smallest absolute Gasteiger partial charge is 0.320 e. The van der Waals surface area contributed by atoms with Crippen LogP contribution in [0.25, 0.3) is 0 Å². The third-order valence-electron chi connectivity index (χ3n) is 9.48. The molecule has 0 spiro atoms. The molecule has 0 aromatic heterocycles. The predicted octanol–water partition coefficient (Wildman–Crippen LogP) is 3.35. The molecular weight excluding hydrogens is 464 g/mol. The molecule has 0 radical (unpaired) electrons. The molecule has 6 aliphatic rings. The van der Waals surface area contributed by atoms with Gasteiger partial charge in [0.15, 0.2) is 0 Å². The molecule has 6 fully saturated rings. The van der Waals surface area contributed by atoms with Gasteiger partial charge >= 0.3 is 6.03 Å². The van der Waals surface area contributed by atoms with E-state index in [2.05, 4.69) is 10.2 Å². The van der Waals surface area contributed by atoms with E-state index in [9.17, 15) is 14.7 Å². The second kappa shape index (κ2) is 9.15. The first-order valence-corrected chi connectivity index (χ1v) is 13.8. The first-order chi connectivity index (χ1) is 16.9. The SMILES string of the molecule is O=C(N1CCN(c2ccccc2Cl)CC1)N1CCCC(NC(=O)C23CC4CC(C2)C(O)C(C4)C3)C1. The topological polar surface area (TPSA) is 76.1 Å². The minimum atomic E-state index is -0.295. The number of benzene rings is 1. The zero-order valence-electron chi connectivity index (χ0n) is 20.4. The van der Waals surface area contributed by atoms with Gasteiger partial charge in [-0.2, -0.15) is 0 Å². The number of anilines is 1. The van der Waals surface area contributed by atoms with E-state index >= 15 is 0 Å². The molecule has 2 heterocycles. The Balaban J connectivity index is 1.04. The molecule has 7 nitrogen and oxygen atoms in total. The van der Waals surface area contributed by atoms with E-state index in [1.165, 1.54) is 0 Å². The van der Waals surface area contributed by atoms with Crippen LogP contribution < -0.4 is 10.2 Å². The van der Waals surface area contributed by atoms with E-state index in [0.29, 0.717) is 37.4 Å². The van der Waals surface area contributed by atoms with Gasteiger partial charge in [0.05, 0.1) is 22.2 Å². The van der Waals surface area contributed by atoms with Crippen LogP contribution in [0.2, 0.25) is 5.02 Å². The van der Waals surface area contributed by atoms with E-state index in [0.717, 1.165) is 75.3 Å². The molecule has 2 N–H and O–H groups in total. The number of aliphatic hydroxyl groups excluding tert-OH is 1. The number of aliphatic hydroxyl groups is 1. The molecule has 4 bridgehead atoms. The minimum absolute atomic E-state index is 0.0162. The molecule has 35 heavy (non-hydrogen) atoms. The summed E-state index contributed by atoms with van der Waals surface area (Å²) < 4.78 is 0. The number of hydrogen-bond acceptors (Lipinski definition) is 4. The largest absolute Gasteiger partial charge is 0.393 e. The van der Waals surface area contributed by atoms with Crippen LogP contribution in [0.1, 0.15) is 44.9 Å². The van der Waals surface area contributed by atoms with E-state index < -0.39 is 0 Å². The van der Waals surface area contributed by atoms with Gasteiger partial charge in [-0.15, -0.1) is 0 Å². The van der Waals surface area contributed by atoms with Crippen molar-refractivity contribution in [1.29, 1.82) is 0 Å².